The first-order chi connectivity index (χ1) is 12.6. The number of terminal acetylenes is 1. The van der Waals surface area contributed by atoms with Crippen molar-refractivity contribution in [1.29, 1.82) is 0 Å². The molecule has 4 aromatic rings. The summed E-state index contributed by atoms with van der Waals surface area (Å²) in [6, 6.07) is 9.67. The number of rotatable bonds is 2. The van der Waals surface area contributed by atoms with E-state index in [1.54, 1.807) is 11.6 Å². The zero-order chi connectivity index (χ0) is 18.3. The maximum atomic E-state index is 12.7. The molecular formula is C20H15N3OS2. The minimum absolute atomic E-state index is 0.271. The van der Waals surface area contributed by atoms with E-state index in [0.717, 1.165) is 31.6 Å². The Hall–Kier alpha value is -2.75. The maximum Gasteiger partial charge on any atom is 0.279 e. The van der Waals surface area contributed by atoms with Crippen molar-refractivity contribution in [1.82, 2.24) is 9.55 Å². The molecule has 6 heteroatoms. The molecule has 0 aliphatic carbocycles. The summed E-state index contributed by atoms with van der Waals surface area (Å²) >= 11 is 3.01. The van der Waals surface area contributed by atoms with Crippen molar-refractivity contribution >= 4 is 49.0 Å². The first-order valence-electron chi connectivity index (χ1n) is 8.03. The van der Waals surface area contributed by atoms with E-state index in [4.69, 9.17) is 6.42 Å². The topological polar surface area (TPSA) is 47.2 Å². The van der Waals surface area contributed by atoms with E-state index in [0.29, 0.717) is 16.9 Å². The summed E-state index contributed by atoms with van der Waals surface area (Å²) in [6.07, 6.45) is 5.55. The molecule has 0 atom stereocenters. The molecule has 0 fully saturated rings. The molecule has 2 aromatic carbocycles. The predicted octanol–water partition coefficient (Wildman–Crippen LogP) is 4.30. The standard InChI is InChI=1S/C20H15N3OS2/c1-4-7-23-16-9-12(2)8-13(3)18(16)26-20(23)22-19(24)14-5-6-15-17(10-14)25-11-21-15/h1,5-6,8-11H,7H2,2-3H3. The fourth-order valence-electron chi connectivity index (χ4n) is 2.98. The third-order valence-corrected chi connectivity index (χ3v) is 6.16. The number of benzene rings is 2. The van der Waals surface area contributed by atoms with Crippen LogP contribution in [-0.2, 0) is 6.54 Å². The largest absolute Gasteiger partial charge is 0.305 e. The molecule has 0 saturated heterocycles. The van der Waals surface area contributed by atoms with Crippen molar-refractivity contribution in [2.75, 3.05) is 0 Å². The lowest BCUT2D eigenvalue weighted by Gasteiger charge is -2.02. The highest BCUT2D eigenvalue weighted by atomic mass is 32.1. The molecule has 4 nitrogen and oxygen atoms in total. The van der Waals surface area contributed by atoms with Gasteiger partial charge in [-0.3, -0.25) is 4.79 Å². The van der Waals surface area contributed by atoms with Crippen LogP contribution in [0.4, 0.5) is 0 Å². The molecule has 0 saturated carbocycles. The molecule has 1 amide bonds. The smallest absolute Gasteiger partial charge is 0.279 e. The summed E-state index contributed by atoms with van der Waals surface area (Å²) in [4.78, 5) is 22.0. The second-order valence-corrected chi connectivity index (χ2v) is 7.92. The van der Waals surface area contributed by atoms with Crippen molar-refractivity contribution in [3.05, 3.63) is 57.3 Å². The summed E-state index contributed by atoms with van der Waals surface area (Å²) in [5.41, 5.74) is 6.56. The molecular weight excluding hydrogens is 362 g/mol. The molecule has 2 aromatic heterocycles. The van der Waals surface area contributed by atoms with Gasteiger partial charge in [-0.2, -0.15) is 4.99 Å². The highest BCUT2D eigenvalue weighted by Crippen LogP contribution is 2.24. The van der Waals surface area contributed by atoms with E-state index in [2.05, 4.69) is 41.9 Å². The lowest BCUT2D eigenvalue weighted by Crippen LogP contribution is -2.16. The predicted molar refractivity (Wildman–Crippen MR) is 108 cm³/mol. The Morgan fingerprint density at radius 3 is 2.96 bits per heavy atom. The van der Waals surface area contributed by atoms with Gasteiger partial charge < -0.3 is 4.57 Å². The fourth-order valence-corrected chi connectivity index (χ4v) is 4.78. The average molecular weight is 377 g/mol. The number of amides is 1. The average Bonchev–Trinajstić information content (AvgIpc) is 3.20. The van der Waals surface area contributed by atoms with E-state index < -0.39 is 0 Å². The van der Waals surface area contributed by atoms with Crippen LogP contribution in [0, 0.1) is 26.2 Å². The number of hydrogen-bond acceptors (Lipinski definition) is 4. The molecule has 0 spiro atoms. The minimum atomic E-state index is -0.271. The number of carbonyl (C=O) groups excluding carboxylic acids is 1. The quantitative estimate of drug-likeness (QED) is 0.489. The number of aryl methyl sites for hydroxylation is 2. The van der Waals surface area contributed by atoms with Crippen molar-refractivity contribution in [2.24, 2.45) is 4.99 Å². The maximum absolute atomic E-state index is 12.7. The molecule has 0 unspecified atom stereocenters. The second kappa shape index (κ2) is 6.52. The van der Waals surface area contributed by atoms with Crippen LogP contribution >= 0.6 is 22.7 Å². The van der Waals surface area contributed by atoms with Crippen LogP contribution in [0.3, 0.4) is 0 Å². The zero-order valence-electron chi connectivity index (χ0n) is 14.3. The Kier molecular flexibility index (Phi) is 4.19. The second-order valence-electron chi connectivity index (χ2n) is 6.06. The fraction of sp³-hybridized carbons (Fsp3) is 0.150. The van der Waals surface area contributed by atoms with E-state index >= 15 is 0 Å². The number of aromatic nitrogens is 2. The van der Waals surface area contributed by atoms with E-state index in [-0.39, 0.29) is 5.91 Å². The summed E-state index contributed by atoms with van der Waals surface area (Å²) in [6.45, 7) is 4.49. The number of hydrogen-bond donors (Lipinski definition) is 0. The van der Waals surface area contributed by atoms with E-state index in [1.165, 1.54) is 22.7 Å². The van der Waals surface area contributed by atoms with Crippen molar-refractivity contribution in [3.63, 3.8) is 0 Å². The van der Waals surface area contributed by atoms with Gasteiger partial charge in [0.2, 0.25) is 0 Å². The van der Waals surface area contributed by atoms with Gasteiger partial charge in [-0.05, 0) is 49.2 Å². The third-order valence-electron chi connectivity index (χ3n) is 4.14. The number of thiazole rings is 2. The van der Waals surface area contributed by atoms with Gasteiger partial charge in [-0.25, -0.2) is 4.98 Å². The van der Waals surface area contributed by atoms with Gasteiger partial charge in [0.15, 0.2) is 4.80 Å². The van der Waals surface area contributed by atoms with Crippen LogP contribution in [0.15, 0.2) is 40.8 Å². The van der Waals surface area contributed by atoms with Crippen LogP contribution in [0.25, 0.3) is 20.4 Å². The molecule has 0 bridgehead atoms. The summed E-state index contributed by atoms with van der Waals surface area (Å²) in [5.74, 6) is 2.40. The number of fused-ring (bicyclic) bond motifs is 2. The lowest BCUT2D eigenvalue weighted by molar-refractivity contribution is 0.0998. The Morgan fingerprint density at radius 1 is 1.31 bits per heavy atom. The van der Waals surface area contributed by atoms with Crippen LogP contribution < -0.4 is 4.80 Å². The molecule has 0 aliphatic heterocycles. The summed E-state index contributed by atoms with van der Waals surface area (Å²) in [5, 5.41) is 0. The van der Waals surface area contributed by atoms with Crippen LogP contribution in [0.1, 0.15) is 21.5 Å². The summed E-state index contributed by atoms with van der Waals surface area (Å²) in [7, 11) is 0. The Balaban J connectivity index is 1.89. The van der Waals surface area contributed by atoms with E-state index in [1.807, 2.05) is 16.7 Å². The minimum Gasteiger partial charge on any atom is -0.305 e. The molecule has 0 N–H and O–H groups in total. The first-order valence-corrected chi connectivity index (χ1v) is 9.73. The molecule has 0 aliphatic rings. The van der Waals surface area contributed by atoms with Gasteiger partial charge in [-0.1, -0.05) is 23.3 Å². The monoisotopic (exact) mass is 377 g/mol. The van der Waals surface area contributed by atoms with Crippen molar-refractivity contribution in [3.8, 4) is 12.3 Å². The van der Waals surface area contributed by atoms with Crippen LogP contribution in [-0.4, -0.2) is 15.5 Å². The van der Waals surface area contributed by atoms with Gasteiger partial charge in [0.05, 0.1) is 32.5 Å². The van der Waals surface area contributed by atoms with Gasteiger partial charge in [0, 0.05) is 5.56 Å². The SMILES string of the molecule is C#CCn1c(=NC(=O)c2ccc3ncsc3c2)sc2c(C)cc(C)cc21. The van der Waals surface area contributed by atoms with E-state index in [9.17, 15) is 4.79 Å². The van der Waals surface area contributed by atoms with Gasteiger partial charge >= 0.3 is 0 Å². The lowest BCUT2D eigenvalue weighted by atomic mass is 10.1. The Morgan fingerprint density at radius 2 is 2.15 bits per heavy atom. The number of carbonyl (C=O) groups is 1. The molecule has 2 heterocycles. The van der Waals surface area contributed by atoms with Crippen molar-refractivity contribution in [2.45, 2.75) is 20.4 Å². The molecule has 4 rings (SSSR count). The van der Waals surface area contributed by atoms with Gasteiger partial charge in [0.1, 0.15) is 0 Å². The first kappa shape index (κ1) is 16.7. The number of nitrogens with zero attached hydrogens (tertiary/aromatic N) is 3. The van der Waals surface area contributed by atoms with Crippen molar-refractivity contribution < 1.29 is 4.79 Å². The Bertz CT molecular complexity index is 1270. The highest BCUT2D eigenvalue weighted by Gasteiger charge is 2.11. The third kappa shape index (κ3) is 2.85. The highest BCUT2D eigenvalue weighted by molar-refractivity contribution is 7.17. The van der Waals surface area contributed by atoms with Crippen LogP contribution in [0.2, 0.25) is 0 Å². The summed E-state index contributed by atoms with van der Waals surface area (Å²) < 4.78 is 4.02. The normalized spacial score (nSPS) is 12.0. The molecule has 0 radical (unpaired) electrons. The van der Waals surface area contributed by atoms with Crippen LogP contribution in [0.5, 0.6) is 0 Å². The van der Waals surface area contributed by atoms with Gasteiger partial charge in [-0.15, -0.1) is 17.8 Å². The molecule has 26 heavy (non-hydrogen) atoms. The zero-order valence-corrected chi connectivity index (χ0v) is 15.9. The Labute approximate surface area is 158 Å². The molecule has 128 valence electrons. The van der Waals surface area contributed by atoms with Gasteiger partial charge in [0.25, 0.3) is 5.91 Å².